The van der Waals surface area contributed by atoms with Gasteiger partial charge >= 0.3 is 0 Å². The van der Waals surface area contributed by atoms with Crippen molar-refractivity contribution in [1.82, 2.24) is 19.7 Å². The molecule has 0 fully saturated rings. The van der Waals surface area contributed by atoms with Gasteiger partial charge in [-0.25, -0.2) is 13.4 Å². The molecule has 3 heterocycles. The first-order chi connectivity index (χ1) is 13.2. The average molecular weight is 423 g/mol. The van der Waals surface area contributed by atoms with Crippen LogP contribution in [0, 0.1) is 0 Å². The molecule has 1 aliphatic rings. The maximum absolute atomic E-state index is 12.7. The molecule has 1 aromatic carbocycles. The first kappa shape index (κ1) is 18.9. The third-order valence-electron chi connectivity index (χ3n) is 4.75. The largest absolute Gasteiger partial charge is 0.489 e. The van der Waals surface area contributed by atoms with Gasteiger partial charge in [-0.2, -0.15) is 5.10 Å². The summed E-state index contributed by atoms with van der Waals surface area (Å²) in [6.45, 7) is 3.91. The second kappa shape index (κ2) is 6.59. The molecule has 0 saturated carbocycles. The minimum Gasteiger partial charge on any atom is -0.489 e. The first-order valence-corrected chi connectivity index (χ1v) is 11.2. The molecule has 8 nitrogen and oxygen atoms in total. The van der Waals surface area contributed by atoms with Gasteiger partial charge in [0.2, 0.25) is 0 Å². The van der Waals surface area contributed by atoms with E-state index in [-0.39, 0.29) is 22.4 Å². The number of halogens is 1. The van der Waals surface area contributed by atoms with Gasteiger partial charge in [-0.15, -0.1) is 0 Å². The van der Waals surface area contributed by atoms with Gasteiger partial charge in [-0.3, -0.25) is 9.48 Å². The molecule has 10 heteroatoms. The zero-order chi connectivity index (χ0) is 20.2. The Kier molecular flexibility index (Phi) is 4.46. The average Bonchev–Trinajstić information content (AvgIpc) is 3.13. The highest BCUT2D eigenvalue weighted by Crippen LogP contribution is 2.40. The van der Waals surface area contributed by atoms with Crippen molar-refractivity contribution in [2.24, 2.45) is 7.05 Å². The van der Waals surface area contributed by atoms with Crippen LogP contribution in [0.15, 0.2) is 21.8 Å². The molecule has 0 unspecified atom stereocenters. The van der Waals surface area contributed by atoms with Crippen molar-refractivity contribution in [1.29, 1.82) is 0 Å². The number of nitrogens with zero attached hydrogens (tertiary/aromatic N) is 3. The van der Waals surface area contributed by atoms with E-state index in [1.165, 1.54) is 16.8 Å². The van der Waals surface area contributed by atoms with Crippen LogP contribution in [0.1, 0.15) is 31.5 Å². The van der Waals surface area contributed by atoms with E-state index >= 15 is 0 Å². The van der Waals surface area contributed by atoms with E-state index < -0.39 is 9.05 Å². The second-order valence-electron chi connectivity index (χ2n) is 6.96. The Labute approximate surface area is 165 Å². The van der Waals surface area contributed by atoms with Crippen LogP contribution in [0.5, 0.6) is 5.75 Å². The number of nitrogens with one attached hydrogen (secondary N) is 1. The lowest BCUT2D eigenvalue weighted by molar-refractivity contribution is 0.255. The SMILES string of the molecule is CCCc1nn(C)c2c(=O)[nH]c(-c3cc(S(=O)(=O)Cl)cc4c3O[C@H](C)C4)nc12. The molecule has 0 radical (unpaired) electrons. The van der Waals surface area contributed by atoms with Gasteiger partial charge in [0.1, 0.15) is 23.2 Å². The van der Waals surface area contributed by atoms with Crippen molar-refractivity contribution < 1.29 is 13.2 Å². The van der Waals surface area contributed by atoms with Crippen molar-refractivity contribution in [3.05, 3.63) is 33.7 Å². The molecule has 4 rings (SSSR count). The predicted molar refractivity (Wildman–Crippen MR) is 105 cm³/mol. The molecular formula is C18H19ClN4O4S. The van der Waals surface area contributed by atoms with Gasteiger partial charge in [-0.05, 0) is 31.0 Å². The fourth-order valence-corrected chi connectivity index (χ4v) is 4.41. The molecule has 0 saturated heterocycles. The van der Waals surface area contributed by atoms with Crippen molar-refractivity contribution in [3.63, 3.8) is 0 Å². The van der Waals surface area contributed by atoms with Crippen molar-refractivity contribution in [3.8, 4) is 17.1 Å². The van der Waals surface area contributed by atoms with E-state index in [2.05, 4.69) is 15.1 Å². The Balaban J connectivity index is 2.02. The number of aryl methyl sites for hydroxylation is 2. The zero-order valence-electron chi connectivity index (χ0n) is 15.6. The molecule has 1 N–H and O–H groups in total. The number of aromatic nitrogens is 4. The third kappa shape index (κ3) is 3.08. The third-order valence-corrected chi connectivity index (χ3v) is 6.09. The van der Waals surface area contributed by atoms with Crippen LogP contribution < -0.4 is 10.3 Å². The van der Waals surface area contributed by atoms with E-state index in [0.29, 0.717) is 40.8 Å². The van der Waals surface area contributed by atoms with Crippen molar-refractivity contribution in [2.45, 2.75) is 44.1 Å². The summed E-state index contributed by atoms with van der Waals surface area (Å²) >= 11 is 0. The number of fused-ring (bicyclic) bond motifs is 2. The lowest BCUT2D eigenvalue weighted by Crippen LogP contribution is -2.13. The molecule has 0 bridgehead atoms. The minimum absolute atomic E-state index is 0.0525. The molecule has 1 atom stereocenters. The molecule has 0 amide bonds. The number of benzene rings is 1. The minimum atomic E-state index is -3.96. The molecular weight excluding hydrogens is 404 g/mol. The van der Waals surface area contributed by atoms with Crippen LogP contribution in [-0.2, 0) is 28.9 Å². The van der Waals surface area contributed by atoms with Gasteiger partial charge in [-0.1, -0.05) is 13.3 Å². The van der Waals surface area contributed by atoms with E-state index in [9.17, 15) is 13.2 Å². The van der Waals surface area contributed by atoms with Crippen molar-refractivity contribution in [2.75, 3.05) is 0 Å². The Morgan fingerprint density at radius 2 is 2.14 bits per heavy atom. The number of rotatable bonds is 4. The summed E-state index contributed by atoms with van der Waals surface area (Å²) < 4.78 is 31.3. The fourth-order valence-electron chi connectivity index (χ4n) is 3.60. The van der Waals surface area contributed by atoms with Crippen LogP contribution >= 0.6 is 10.7 Å². The Morgan fingerprint density at radius 1 is 1.39 bits per heavy atom. The highest BCUT2D eigenvalue weighted by atomic mass is 35.7. The summed E-state index contributed by atoms with van der Waals surface area (Å²) in [6, 6.07) is 2.90. The fraction of sp³-hybridized carbons (Fsp3) is 0.389. The summed E-state index contributed by atoms with van der Waals surface area (Å²) in [6.07, 6.45) is 1.95. The number of hydrogen-bond acceptors (Lipinski definition) is 6. The van der Waals surface area contributed by atoms with E-state index in [1.54, 1.807) is 7.05 Å². The zero-order valence-corrected chi connectivity index (χ0v) is 17.2. The van der Waals surface area contributed by atoms with Crippen LogP contribution in [0.25, 0.3) is 22.4 Å². The Morgan fingerprint density at radius 3 is 2.82 bits per heavy atom. The van der Waals surface area contributed by atoms with Crippen LogP contribution in [0.3, 0.4) is 0 Å². The number of H-pyrrole nitrogens is 1. The normalized spacial score (nSPS) is 16.4. The lowest BCUT2D eigenvalue weighted by atomic mass is 10.1. The van der Waals surface area contributed by atoms with Gasteiger partial charge in [0, 0.05) is 24.2 Å². The standard InChI is InChI=1S/C18H19ClN4O4S/c1-4-5-13-14-15(23(3)22-13)18(24)21-17(20-14)12-8-11(28(19,25)26)7-10-6-9(2)27-16(10)12/h7-9H,4-6H2,1-3H3,(H,20,21,24)/t9-/m1/s1. The van der Waals surface area contributed by atoms with E-state index in [4.69, 9.17) is 15.4 Å². The molecule has 0 aliphatic carbocycles. The van der Waals surface area contributed by atoms with Gasteiger partial charge < -0.3 is 9.72 Å². The maximum Gasteiger partial charge on any atom is 0.277 e. The van der Waals surface area contributed by atoms with Crippen LogP contribution in [0.2, 0.25) is 0 Å². The summed E-state index contributed by atoms with van der Waals surface area (Å²) in [5, 5.41) is 4.40. The molecule has 2 aromatic heterocycles. The quantitative estimate of drug-likeness (QED) is 0.647. The summed E-state index contributed by atoms with van der Waals surface area (Å²) in [7, 11) is 3.32. The van der Waals surface area contributed by atoms with E-state index in [0.717, 1.165) is 12.1 Å². The highest BCUT2D eigenvalue weighted by Gasteiger charge is 2.28. The number of aromatic amines is 1. The highest BCUT2D eigenvalue weighted by molar-refractivity contribution is 8.13. The smallest absolute Gasteiger partial charge is 0.277 e. The number of ether oxygens (including phenoxy) is 1. The lowest BCUT2D eigenvalue weighted by Gasteiger charge is -2.11. The second-order valence-corrected chi connectivity index (χ2v) is 9.53. The van der Waals surface area contributed by atoms with Gasteiger partial charge in [0.05, 0.1) is 16.2 Å². The summed E-state index contributed by atoms with van der Waals surface area (Å²) in [5.41, 5.74) is 2.36. The van der Waals surface area contributed by atoms with Crippen LogP contribution in [0.4, 0.5) is 0 Å². The monoisotopic (exact) mass is 422 g/mol. The van der Waals surface area contributed by atoms with Crippen LogP contribution in [-0.4, -0.2) is 34.3 Å². The summed E-state index contributed by atoms with van der Waals surface area (Å²) in [5.74, 6) is 0.746. The molecule has 0 spiro atoms. The number of hydrogen-bond donors (Lipinski definition) is 1. The molecule has 1 aliphatic heterocycles. The maximum atomic E-state index is 12.7. The van der Waals surface area contributed by atoms with Gasteiger partial charge in [0.15, 0.2) is 5.52 Å². The Bertz CT molecular complexity index is 1260. The Hall–Kier alpha value is -2.39. The predicted octanol–water partition coefficient (Wildman–Crippen LogP) is 2.53. The first-order valence-electron chi connectivity index (χ1n) is 8.93. The van der Waals surface area contributed by atoms with E-state index in [1.807, 2.05) is 13.8 Å². The molecule has 28 heavy (non-hydrogen) atoms. The molecule has 148 valence electrons. The van der Waals surface area contributed by atoms with Gasteiger partial charge in [0.25, 0.3) is 14.6 Å². The van der Waals surface area contributed by atoms with Crippen molar-refractivity contribution >= 4 is 30.8 Å². The topological polar surface area (TPSA) is 107 Å². The summed E-state index contributed by atoms with van der Waals surface area (Å²) in [4.78, 5) is 20.0. The molecule has 3 aromatic rings.